The summed E-state index contributed by atoms with van der Waals surface area (Å²) in [6, 6.07) is 17.2. The first-order valence-electron chi connectivity index (χ1n) is 8.63. The second-order valence-electron chi connectivity index (χ2n) is 7.46. The first kappa shape index (κ1) is 13.3. The summed E-state index contributed by atoms with van der Waals surface area (Å²) in [7, 11) is 0. The van der Waals surface area contributed by atoms with E-state index in [1.807, 2.05) is 0 Å². The summed E-state index contributed by atoms with van der Waals surface area (Å²) < 4.78 is 0. The molecule has 2 atom stereocenters. The van der Waals surface area contributed by atoms with Gasteiger partial charge in [0.2, 0.25) is 0 Å². The van der Waals surface area contributed by atoms with Crippen LogP contribution in [-0.4, -0.2) is 5.78 Å². The molecule has 0 radical (unpaired) electrons. The van der Waals surface area contributed by atoms with Gasteiger partial charge >= 0.3 is 0 Å². The molecule has 3 aliphatic carbocycles. The van der Waals surface area contributed by atoms with Crippen molar-refractivity contribution >= 4 is 5.78 Å². The highest BCUT2D eigenvalue weighted by Crippen LogP contribution is 2.56. The third-order valence-electron chi connectivity index (χ3n) is 6.25. The van der Waals surface area contributed by atoms with Crippen LogP contribution in [0, 0.1) is 11.3 Å². The quantitative estimate of drug-likeness (QED) is 0.695. The zero-order valence-electron chi connectivity index (χ0n) is 13.2. The van der Waals surface area contributed by atoms with E-state index in [0.717, 1.165) is 19.3 Å². The van der Waals surface area contributed by atoms with Crippen molar-refractivity contribution in [3.05, 3.63) is 71.3 Å². The summed E-state index contributed by atoms with van der Waals surface area (Å²) in [5.41, 5.74) is 6.64. The molecule has 1 fully saturated rings. The Morgan fingerprint density at radius 3 is 2.52 bits per heavy atom. The van der Waals surface area contributed by atoms with Gasteiger partial charge in [0.25, 0.3) is 0 Å². The van der Waals surface area contributed by atoms with E-state index in [1.54, 1.807) is 0 Å². The molecule has 2 bridgehead atoms. The van der Waals surface area contributed by atoms with Crippen molar-refractivity contribution < 1.29 is 4.79 Å². The number of benzene rings is 2. The lowest BCUT2D eigenvalue weighted by Gasteiger charge is -2.39. The van der Waals surface area contributed by atoms with Gasteiger partial charge in [-0.1, -0.05) is 60.2 Å². The fourth-order valence-electron chi connectivity index (χ4n) is 5.00. The fourth-order valence-corrected chi connectivity index (χ4v) is 5.00. The molecule has 2 aromatic carbocycles. The molecule has 0 aromatic heterocycles. The topological polar surface area (TPSA) is 17.1 Å². The van der Waals surface area contributed by atoms with Crippen molar-refractivity contribution in [3.63, 3.8) is 0 Å². The summed E-state index contributed by atoms with van der Waals surface area (Å²) in [6.07, 6.45) is 7.26. The lowest BCUT2D eigenvalue weighted by Crippen LogP contribution is -2.42. The number of rotatable bonds is 1. The Hall–Kier alpha value is -2.15. The minimum absolute atomic E-state index is 0.0770. The van der Waals surface area contributed by atoms with Crippen molar-refractivity contribution in [1.82, 2.24) is 0 Å². The van der Waals surface area contributed by atoms with Crippen LogP contribution in [-0.2, 0) is 17.6 Å². The third-order valence-corrected chi connectivity index (χ3v) is 6.25. The largest absolute Gasteiger partial charge is 0.299 e. The van der Waals surface area contributed by atoms with Crippen molar-refractivity contribution in [1.29, 1.82) is 0 Å². The van der Waals surface area contributed by atoms with Crippen LogP contribution in [0.25, 0.3) is 11.1 Å². The van der Waals surface area contributed by atoms with Crippen LogP contribution in [0.1, 0.15) is 30.4 Å². The number of carbonyl (C=O) groups is 1. The maximum atomic E-state index is 12.9. The smallest absolute Gasteiger partial charge is 0.144 e. The molecule has 0 amide bonds. The molecule has 2 aromatic rings. The Kier molecular flexibility index (Phi) is 2.70. The SMILES string of the molecule is O=C1Cc2ccc(-c3ccccc3)cc2CC12CC1=CCC2C1. The average Bonchev–Trinajstić information content (AvgIpc) is 3.18. The van der Waals surface area contributed by atoms with E-state index in [9.17, 15) is 4.79 Å². The van der Waals surface area contributed by atoms with Crippen LogP contribution in [0.4, 0.5) is 0 Å². The molecule has 0 saturated heterocycles. The molecule has 2 unspecified atom stereocenters. The lowest BCUT2D eigenvalue weighted by molar-refractivity contribution is -0.131. The van der Waals surface area contributed by atoms with Gasteiger partial charge in [-0.05, 0) is 53.9 Å². The van der Waals surface area contributed by atoms with E-state index in [-0.39, 0.29) is 5.41 Å². The molecule has 23 heavy (non-hydrogen) atoms. The van der Waals surface area contributed by atoms with E-state index < -0.39 is 0 Å². The highest BCUT2D eigenvalue weighted by molar-refractivity contribution is 5.91. The van der Waals surface area contributed by atoms with Crippen LogP contribution >= 0.6 is 0 Å². The minimum atomic E-state index is -0.0770. The van der Waals surface area contributed by atoms with Crippen LogP contribution in [0.2, 0.25) is 0 Å². The molecule has 1 spiro atoms. The zero-order valence-corrected chi connectivity index (χ0v) is 13.2. The Balaban J connectivity index is 1.57. The van der Waals surface area contributed by atoms with Crippen LogP contribution < -0.4 is 0 Å². The van der Waals surface area contributed by atoms with E-state index in [4.69, 9.17) is 0 Å². The highest BCUT2D eigenvalue weighted by atomic mass is 16.1. The van der Waals surface area contributed by atoms with Gasteiger partial charge in [0.15, 0.2) is 0 Å². The predicted molar refractivity (Wildman–Crippen MR) is 92.2 cm³/mol. The summed E-state index contributed by atoms with van der Waals surface area (Å²) in [5.74, 6) is 1.06. The molecule has 5 rings (SSSR count). The molecule has 0 aliphatic heterocycles. The summed E-state index contributed by atoms with van der Waals surface area (Å²) in [4.78, 5) is 12.9. The molecular weight excluding hydrogens is 280 g/mol. The number of hydrogen-bond acceptors (Lipinski definition) is 1. The van der Waals surface area contributed by atoms with Gasteiger partial charge in [0.05, 0.1) is 0 Å². The van der Waals surface area contributed by atoms with Gasteiger partial charge in [0.1, 0.15) is 5.78 Å². The third kappa shape index (κ3) is 1.89. The average molecular weight is 300 g/mol. The highest BCUT2D eigenvalue weighted by Gasteiger charge is 2.53. The summed E-state index contributed by atoms with van der Waals surface area (Å²) in [5, 5.41) is 0. The molecule has 3 aliphatic rings. The fraction of sp³-hybridized carbons (Fsp3) is 0.318. The van der Waals surface area contributed by atoms with Crippen LogP contribution in [0.5, 0.6) is 0 Å². The summed E-state index contributed by atoms with van der Waals surface area (Å²) >= 11 is 0. The van der Waals surface area contributed by atoms with Gasteiger partial charge in [-0.2, -0.15) is 0 Å². The molecule has 0 N–H and O–H groups in total. The van der Waals surface area contributed by atoms with Crippen molar-refractivity contribution in [2.75, 3.05) is 0 Å². The van der Waals surface area contributed by atoms with Crippen molar-refractivity contribution in [3.8, 4) is 11.1 Å². The normalized spacial score (nSPS) is 28.1. The zero-order chi connectivity index (χ0) is 15.4. The molecule has 114 valence electrons. The number of fused-ring (bicyclic) bond motifs is 4. The monoisotopic (exact) mass is 300 g/mol. The van der Waals surface area contributed by atoms with Crippen molar-refractivity contribution in [2.24, 2.45) is 11.3 Å². The molecular formula is C22H20O. The van der Waals surface area contributed by atoms with E-state index >= 15 is 0 Å². The van der Waals surface area contributed by atoms with E-state index in [2.05, 4.69) is 54.6 Å². The van der Waals surface area contributed by atoms with Gasteiger partial charge < -0.3 is 0 Å². The second-order valence-corrected chi connectivity index (χ2v) is 7.46. The maximum absolute atomic E-state index is 12.9. The van der Waals surface area contributed by atoms with Gasteiger partial charge in [-0.15, -0.1) is 0 Å². The Labute approximate surface area is 137 Å². The molecule has 0 heterocycles. The Morgan fingerprint density at radius 2 is 1.78 bits per heavy atom. The first-order valence-corrected chi connectivity index (χ1v) is 8.63. The maximum Gasteiger partial charge on any atom is 0.144 e. The predicted octanol–water partition coefficient (Wildman–Crippen LogP) is 4.75. The molecule has 1 nitrogen and oxygen atoms in total. The number of ketones is 1. The summed E-state index contributed by atoms with van der Waals surface area (Å²) in [6.45, 7) is 0. The number of hydrogen-bond donors (Lipinski definition) is 0. The van der Waals surface area contributed by atoms with Crippen molar-refractivity contribution in [2.45, 2.75) is 32.1 Å². The van der Waals surface area contributed by atoms with Gasteiger partial charge in [-0.25, -0.2) is 0 Å². The second kappa shape index (κ2) is 4.67. The van der Waals surface area contributed by atoms with E-state index in [0.29, 0.717) is 18.1 Å². The van der Waals surface area contributed by atoms with Gasteiger partial charge in [-0.3, -0.25) is 4.79 Å². The minimum Gasteiger partial charge on any atom is -0.299 e. The number of carbonyl (C=O) groups excluding carboxylic acids is 1. The standard InChI is InChI=1S/C22H20O/c23-21-12-18-8-7-17(16-4-2-1-3-5-16)11-19(18)14-22(21)13-15-6-9-20(22)10-15/h1-8,11,20H,9-10,12-14H2. The first-order chi connectivity index (χ1) is 11.2. The number of allylic oxidation sites excluding steroid dienone is 2. The lowest BCUT2D eigenvalue weighted by atomic mass is 9.63. The van der Waals surface area contributed by atoms with E-state index in [1.165, 1.54) is 34.2 Å². The Bertz CT molecular complexity index is 830. The molecule has 1 heteroatoms. The van der Waals surface area contributed by atoms with Crippen LogP contribution in [0.3, 0.4) is 0 Å². The Morgan fingerprint density at radius 1 is 0.913 bits per heavy atom. The van der Waals surface area contributed by atoms with Gasteiger partial charge in [0, 0.05) is 11.8 Å². The molecule has 1 saturated carbocycles. The van der Waals surface area contributed by atoms with Crippen LogP contribution in [0.15, 0.2) is 60.2 Å². The number of Topliss-reactive ketones (excluding diaryl/α,β-unsaturated/α-hetero) is 1.